The van der Waals surface area contributed by atoms with Gasteiger partial charge in [0.05, 0.1) is 0 Å². The summed E-state index contributed by atoms with van der Waals surface area (Å²) in [7, 11) is 0. The number of hydrogen-bond donors (Lipinski definition) is 0. The second kappa shape index (κ2) is 4.42. The Labute approximate surface area is 70.6 Å². The third-order valence-electron chi connectivity index (χ3n) is 2.23. The van der Waals surface area contributed by atoms with Crippen LogP contribution in [-0.4, -0.2) is 0 Å². The Morgan fingerprint density at radius 2 is 2.11 bits per heavy atom. The minimum absolute atomic E-state index is 0. The number of rotatable bonds is 1. The summed E-state index contributed by atoms with van der Waals surface area (Å²) in [5.74, 6) is 1.79. The van der Waals surface area contributed by atoms with Gasteiger partial charge in [0.1, 0.15) is 0 Å². The van der Waals surface area contributed by atoms with Gasteiger partial charge < -0.3 is 6.92 Å². The van der Waals surface area contributed by atoms with Gasteiger partial charge in [-0.15, -0.1) is 0 Å². The van der Waals surface area contributed by atoms with Crippen molar-refractivity contribution in [2.45, 2.75) is 32.6 Å². The average molecular weight is 118 g/mol. The van der Waals surface area contributed by atoms with Crippen molar-refractivity contribution in [1.29, 1.82) is 0 Å². The van der Waals surface area contributed by atoms with Crippen molar-refractivity contribution in [2.24, 2.45) is 11.8 Å². The standard InChI is InChI=1S/C8H15.Li/c1-3-8-5-4-7(2)6-8;/h7-8H,2-6H2,1H3;/q-1;+1. The molecule has 1 aliphatic rings. The Bertz CT molecular complexity index is 71.0. The van der Waals surface area contributed by atoms with Crippen LogP contribution < -0.4 is 18.9 Å². The normalized spacial score (nSPS) is 34.0. The molecule has 2 unspecified atom stereocenters. The fraction of sp³-hybridized carbons (Fsp3) is 0.875. The Balaban J connectivity index is 0.000000640. The molecule has 0 amide bonds. The summed E-state index contributed by atoms with van der Waals surface area (Å²) in [5, 5.41) is 0. The van der Waals surface area contributed by atoms with E-state index >= 15 is 0 Å². The van der Waals surface area contributed by atoms with Crippen LogP contribution in [0.4, 0.5) is 0 Å². The van der Waals surface area contributed by atoms with Crippen molar-refractivity contribution in [3.8, 4) is 0 Å². The molecule has 9 heavy (non-hydrogen) atoms. The molecular weight excluding hydrogens is 103 g/mol. The van der Waals surface area contributed by atoms with Gasteiger partial charge in [0, 0.05) is 0 Å². The van der Waals surface area contributed by atoms with Crippen LogP contribution >= 0.6 is 0 Å². The van der Waals surface area contributed by atoms with E-state index in [1.807, 2.05) is 0 Å². The molecule has 1 heteroatoms. The van der Waals surface area contributed by atoms with E-state index in [2.05, 4.69) is 13.8 Å². The summed E-state index contributed by atoms with van der Waals surface area (Å²) in [6, 6.07) is 0. The van der Waals surface area contributed by atoms with Crippen molar-refractivity contribution in [3.05, 3.63) is 6.92 Å². The van der Waals surface area contributed by atoms with Gasteiger partial charge in [-0.2, -0.15) is 5.92 Å². The summed E-state index contributed by atoms with van der Waals surface area (Å²) in [5.41, 5.74) is 0. The van der Waals surface area contributed by atoms with E-state index in [1.54, 1.807) is 0 Å². The summed E-state index contributed by atoms with van der Waals surface area (Å²) in [6.07, 6.45) is 5.56. The van der Waals surface area contributed by atoms with Crippen LogP contribution in [0.2, 0.25) is 0 Å². The molecule has 0 aromatic heterocycles. The quantitative estimate of drug-likeness (QED) is 0.326. The Hall–Kier alpha value is 0.597. The molecule has 0 aromatic carbocycles. The summed E-state index contributed by atoms with van der Waals surface area (Å²) < 4.78 is 0. The van der Waals surface area contributed by atoms with Gasteiger partial charge in [-0.3, -0.25) is 0 Å². The van der Waals surface area contributed by atoms with Crippen molar-refractivity contribution in [2.75, 3.05) is 0 Å². The van der Waals surface area contributed by atoms with Gasteiger partial charge in [0.25, 0.3) is 0 Å². The van der Waals surface area contributed by atoms with E-state index in [-0.39, 0.29) is 18.9 Å². The predicted molar refractivity (Wildman–Crippen MR) is 36.5 cm³/mol. The predicted octanol–water partition coefficient (Wildman–Crippen LogP) is -0.349. The first-order chi connectivity index (χ1) is 3.83. The average Bonchev–Trinajstić information content (AvgIpc) is 2.14. The fourth-order valence-corrected chi connectivity index (χ4v) is 1.55. The maximum absolute atomic E-state index is 4.04. The minimum atomic E-state index is 0. The van der Waals surface area contributed by atoms with Gasteiger partial charge in [-0.05, 0) is 5.92 Å². The molecule has 0 bridgehead atoms. The first-order valence-electron chi connectivity index (χ1n) is 3.66. The second-order valence-corrected chi connectivity index (χ2v) is 2.95. The molecule has 0 saturated heterocycles. The minimum Gasteiger partial charge on any atom is -0.340 e. The maximum Gasteiger partial charge on any atom is 1.00 e. The number of hydrogen-bond acceptors (Lipinski definition) is 0. The van der Waals surface area contributed by atoms with Crippen LogP contribution in [0.5, 0.6) is 0 Å². The third kappa shape index (κ3) is 2.78. The van der Waals surface area contributed by atoms with Crippen LogP contribution in [0, 0.1) is 18.8 Å². The SMILES string of the molecule is [CH2-]C1CCC(CC)C1.[Li+]. The first-order valence-corrected chi connectivity index (χ1v) is 3.66. The van der Waals surface area contributed by atoms with Gasteiger partial charge in [-0.1, -0.05) is 32.6 Å². The molecule has 1 aliphatic carbocycles. The zero-order valence-electron chi connectivity index (χ0n) is 6.69. The maximum atomic E-state index is 4.04. The van der Waals surface area contributed by atoms with Gasteiger partial charge >= 0.3 is 18.9 Å². The van der Waals surface area contributed by atoms with Gasteiger partial charge in [0.15, 0.2) is 0 Å². The Morgan fingerprint density at radius 3 is 2.33 bits per heavy atom. The van der Waals surface area contributed by atoms with Crippen LogP contribution in [0.1, 0.15) is 32.6 Å². The fourth-order valence-electron chi connectivity index (χ4n) is 1.55. The molecule has 0 spiro atoms. The molecule has 2 atom stereocenters. The molecule has 1 saturated carbocycles. The summed E-state index contributed by atoms with van der Waals surface area (Å²) in [6.45, 7) is 6.32. The van der Waals surface area contributed by atoms with Crippen LogP contribution in [0.15, 0.2) is 0 Å². The molecule has 0 heterocycles. The monoisotopic (exact) mass is 118 g/mol. The summed E-state index contributed by atoms with van der Waals surface area (Å²) in [4.78, 5) is 0. The molecule has 0 aliphatic heterocycles. The molecule has 48 valence electrons. The van der Waals surface area contributed by atoms with E-state index < -0.39 is 0 Å². The van der Waals surface area contributed by atoms with Crippen molar-refractivity contribution in [3.63, 3.8) is 0 Å². The largest absolute Gasteiger partial charge is 1.00 e. The zero-order chi connectivity index (χ0) is 5.98. The molecule has 1 rings (SSSR count). The zero-order valence-corrected chi connectivity index (χ0v) is 6.69. The first kappa shape index (κ1) is 9.60. The van der Waals surface area contributed by atoms with Crippen molar-refractivity contribution in [1.82, 2.24) is 0 Å². The van der Waals surface area contributed by atoms with E-state index in [4.69, 9.17) is 0 Å². The Kier molecular flexibility index (Phi) is 4.71. The van der Waals surface area contributed by atoms with Crippen molar-refractivity contribution >= 4 is 0 Å². The van der Waals surface area contributed by atoms with Crippen molar-refractivity contribution < 1.29 is 18.9 Å². The van der Waals surface area contributed by atoms with E-state index in [1.165, 1.54) is 25.7 Å². The third-order valence-corrected chi connectivity index (χ3v) is 2.23. The van der Waals surface area contributed by atoms with E-state index in [0.717, 1.165) is 11.8 Å². The topological polar surface area (TPSA) is 0 Å². The molecular formula is C8H15Li. The Morgan fingerprint density at radius 1 is 1.44 bits per heavy atom. The molecule has 1 fully saturated rings. The van der Waals surface area contributed by atoms with Crippen LogP contribution in [-0.2, 0) is 0 Å². The van der Waals surface area contributed by atoms with Gasteiger partial charge in [0.2, 0.25) is 0 Å². The molecule has 0 nitrogen and oxygen atoms in total. The molecule has 0 N–H and O–H groups in total. The molecule has 0 radical (unpaired) electrons. The van der Waals surface area contributed by atoms with E-state index in [0.29, 0.717) is 0 Å². The van der Waals surface area contributed by atoms with Crippen LogP contribution in [0.3, 0.4) is 0 Å². The smallest absolute Gasteiger partial charge is 0.340 e. The van der Waals surface area contributed by atoms with E-state index in [9.17, 15) is 0 Å². The van der Waals surface area contributed by atoms with Crippen LogP contribution in [0.25, 0.3) is 0 Å². The summed E-state index contributed by atoms with van der Waals surface area (Å²) >= 11 is 0. The second-order valence-electron chi connectivity index (χ2n) is 2.95. The molecule has 0 aromatic rings. The van der Waals surface area contributed by atoms with Gasteiger partial charge in [-0.25, -0.2) is 0 Å².